The van der Waals surface area contributed by atoms with Gasteiger partial charge in [0.1, 0.15) is 0 Å². The molecule has 0 spiro atoms. The minimum absolute atomic E-state index is 0.209. The zero-order valence-corrected chi connectivity index (χ0v) is 20.8. The molecule has 0 saturated carbocycles. The highest BCUT2D eigenvalue weighted by Crippen LogP contribution is 2.31. The normalized spacial score (nSPS) is 10.8. The Balaban J connectivity index is 1.40. The molecule has 1 N–H and O–H groups in total. The summed E-state index contributed by atoms with van der Waals surface area (Å²) >= 11 is 12.1. The molecule has 4 aromatic carbocycles. The topological polar surface area (TPSA) is 81.2 Å². The van der Waals surface area contributed by atoms with Crippen LogP contribution in [-0.2, 0) is 9.53 Å². The number of nitrogens with zero attached hydrogens (tertiary/aromatic N) is 2. The molecule has 6 nitrogen and oxygen atoms in total. The molecule has 0 fully saturated rings. The minimum Gasteiger partial charge on any atom is -0.452 e. The summed E-state index contributed by atoms with van der Waals surface area (Å²) in [6, 6.07) is 29.3. The van der Waals surface area contributed by atoms with E-state index >= 15 is 0 Å². The molecular formula is C29H19Cl2N3O3. The second-order valence-corrected chi connectivity index (χ2v) is 8.87. The van der Waals surface area contributed by atoms with Gasteiger partial charge >= 0.3 is 5.97 Å². The molecule has 0 atom stereocenters. The summed E-state index contributed by atoms with van der Waals surface area (Å²) in [5.41, 5.74) is 5.02. The van der Waals surface area contributed by atoms with Crippen LogP contribution in [0.3, 0.4) is 0 Å². The van der Waals surface area contributed by atoms with Crippen LogP contribution >= 0.6 is 23.2 Å². The number of nitrogens with one attached hydrogen (secondary N) is 1. The molecule has 0 bridgehead atoms. The van der Waals surface area contributed by atoms with Crippen molar-refractivity contribution in [2.45, 2.75) is 0 Å². The Bertz CT molecular complexity index is 1610. The number of amides is 1. The molecule has 182 valence electrons. The number of esters is 1. The van der Waals surface area contributed by atoms with Crippen LogP contribution in [0.5, 0.6) is 0 Å². The molecule has 5 aromatic rings. The molecule has 0 radical (unpaired) electrons. The van der Waals surface area contributed by atoms with Crippen LogP contribution < -0.4 is 5.32 Å². The van der Waals surface area contributed by atoms with Gasteiger partial charge in [-0.1, -0.05) is 89.9 Å². The van der Waals surface area contributed by atoms with Gasteiger partial charge < -0.3 is 10.1 Å². The number of aromatic nitrogens is 2. The second kappa shape index (κ2) is 10.8. The number of ether oxygens (including phenoxy) is 1. The van der Waals surface area contributed by atoms with E-state index in [1.54, 1.807) is 36.4 Å². The maximum atomic E-state index is 12.7. The second-order valence-electron chi connectivity index (χ2n) is 8.08. The van der Waals surface area contributed by atoms with E-state index in [1.165, 1.54) is 0 Å². The first-order valence-electron chi connectivity index (χ1n) is 11.3. The van der Waals surface area contributed by atoms with E-state index in [4.69, 9.17) is 37.9 Å². The Hall–Kier alpha value is -4.26. The van der Waals surface area contributed by atoms with Crippen LogP contribution in [0.4, 0.5) is 5.69 Å². The van der Waals surface area contributed by atoms with Gasteiger partial charge in [-0.3, -0.25) is 4.79 Å². The number of halogens is 2. The van der Waals surface area contributed by atoms with Crippen molar-refractivity contribution in [3.63, 3.8) is 0 Å². The third-order valence-electron chi connectivity index (χ3n) is 5.55. The third-order valence-corrected chi connectivity index (χ3v) is 6.37. The summed E-state index contributed by atoms with van der Waals surface area (Å²) in [4.78, 5) is 34.7. The van der Waals surface area contributed by atoms with E-state index in [2.05, 4.69) is 5.32 Å². The average Bonchev–Trinajstić information content (AvgIpc) is 2.94. The number of hydrogen-bond acceptors (Lipinski definition) is 5. The first kappa shape index (κ1) is 24.4. The van der Waals surface area contributed by atoms with Crippen molar-refractivity contribution in [3.05, 3.63) is 113 Å². The predicted octanol–water partition coefficient (Wildman–Crippen LogP) is 7.07. The SMILES string of the molecule is O=C(COC(=O)c1ccc2nc(-c3ccccc3)c(-c3ccccc3)nc2c1)Nc1cccc(Cl)c1Cl. The predicted molar refractivity (Wildman–Crippen MR) is 146 cm³/mol. The molecule has 0 saturated heterocycles. The smallest absolute Gasteiger partial charge is 0.338 e. The lowest BCUT2D eigenvalue weighted by Gasteiger charge is -2.11. The molecule has 1 heterocycles. The summed E-state index contributed by atoms with van der Waals surface area (Å²) in [6.45, 7) is -0.492. The third kappa shape index (κ3) is 5.45. The Morgan fingerprint density at radius 1 is 0.730 bits per heavy atom. The first-order valence-corrected chi connectivity index (χ1v) is 12.1. The van der Waals surface area contributed by atoms with Gasteiger partial charge in [0.25, 0.3) is 5.91 Å². The molecule has 8 heteroatoms. The maximum Gasteiger partial charge on any atom is 0.338 e. The van der Waals surface area contributed by atoms with Crippen LogP contribution in [0.25, 0.3) is 33.5 Å². The number of fused-ring (bicyclic) bond motifs is 1. The van der Waals surface area contributed by atoms with Gasteiger partial charge in [-0.25, -0.2) is 14.8 Å². The van der Waals surface area contributed by atoms with E-state index < -0.39 is 18.5 Å². The fourth-order valence-corrected chi connectivity index (χ4v) is 4.12. The lowest BCUT2D eigenvalue weighted by atomic mass is 10.0. The zero-order valence-electron chi connectivity index (χ0n) is 19.3. The number of benzene rings is 4. The molecular weight excluding hydrogens is 509 g/mol. The van der Waals surface area contributed by atoms with Crippen molar-refractivity contribution < 1.29 is 14.3 Å². The van der Waals surface area contributed by atoms with Crippen LogP contribution in [0.1, 0.15) is 10.4 Å². The van der Waals surface area contributed by atoms with Crippen LogP contribution in [0.15, 0.2) is 97.1 Å². The Labute approximate surface area is 222 Å². The molecule has 5 rings (SSSR count). The maximum absolute atomic E-state index is 12.7. The van der Waals surface area contributed by atoms with Crippen molar-refractivity contribution in [2.24, 2.45) is 0 Å². The summed E-state index contributed by atoms with van der Waals surface area (Å²) in [5, 5.41) is 3.09. The number of carbonyl (C=O) groups is 2. The molecule has 0 aliphatic carbocycles. The molecule has 0 aliphatic rings. The Morgan fingerprint density at radius 3 is 2.00 bits per heavy atom. The molecule has 0 aliphatic heterocycles. The average molecular weight is 528 g/mol. The van der Waals surface area contributed by atoms with Crippen molar-refractivity contribution in [2.75, 3.05) is 11.9 Å². The summed E-state index contributed by atoms with van der Waals surface area (Å²) in [6.07, 6.45) is 0. The van der Waals surface area contributed by atoms with Crippen molar-refractivity contribution in [1.82, 2.24) is 9.97 Å². The fraction of sp³-hybridized carbons (Fsp3) is 0.0345. The fourth-order valence-electron chi connectivity index (χ4n) is 3.78. The highest BCUT2D eigenvalue weighted by Gasteiger charge is 2.16. The highest BCUT2D eigenvalue weighted by atomic mass is 35.5. The van der Waals surface area contributed by atoms with Crippen molar-refractivity contribution in [1.29, 1.82) is 0 Å². The van der Waals surface area contributed by atoms with Gasteiger partial charge in [0, 0.05) is 11.1 Å². The summed E-state index contributed by atoms with van der Waals surface area (Å²) in [5.74, 6) is -1.21. The van der Waals surface area contributed by atoms with Gasteiger partial charge in [0.2, 0.25) is 0 Å². The highest BCUT2D eigenvalue weighted by molar-refractivity contribution is 6.44. The van der Waals surface area contributed by atoms with Crippen molar-refractivity contribution in [3.8, 4) is 22.5 Å². The first-order chi connectivity index (χ1) is 18.0. The molecule has 0 unspecified atom stereocenters. The largest absolute Gasteiger partial charge is 0.452 e. The standard InChI is InChI=1S/C29H19Cl2N3O3/c30-21-12-7-13-23(26(21)31)32-25(35)17-37-29(36)20-14-15-22-24(16-20)34-28(19-10-5-2-6-11-19)27(33-22)18-8-3-1-4-9-18/h1-16H,17H2,(H,32,35). The van der Waals surface area contributed by atoms with E-state index in [0.717, 1.165) is 16.8 Å². The Morgan fingerprint density at radius 2 is 1.35 bits per heavy atom. The summed E-state index contributed by atoms with van der Waals surface area (Å²) in [7, 11) is 0. The number of hydrogen-bond donors (Lipinski definition) is 1. The minimum atomic E-state index is -0.663. The van der Waals surface area contributed by atoms with Crippen LogP contribution in [0.2, 0.25) is 10.0 Å². The van der Waals surface area contributed by atoms with Crippen LogP contribution in [0, 0.1) is 0 Å². The van der Waals surface area contributed by atoms with E-state index in [9.17, 15) is 9.59 Å². The summed E-state index contributed by atoms with van der Waals surface area (Å²) < 4.78 is 5.21. The van der Waals surface area contributed by atoms with Gasteiger partial charge in [-0.2, -0.15) is 0 Å². The number of rotatable bonds is 6. The lowest BCUT2D eigenvalue weighted by Crippen LogP contribution is -2.21. The number of carbonyl (C=O) groups excluding carboxylic acids is 2. The quantitative estimate of drug-likeness (QED) is 0.239. The lowest BCUT2D eigenvalue weighted by molar-refractivity contribution is -0.119. The van der Waals surface area contributed by atoms with Gasteiger partial charge in [-0.05, 0) is 30.3 Å². The Kier molecular flexibility index (Phi) is 7.12. The van der Waals surface area contributed by atoms with E-state index in [1.807, 2.05) is 60.7 Å². The molecule has 37 heavy (non-hydrogen) atoms. The van der Waals surface area contributed by atoms with E-state index in [-0.39, 0.29) is 10.6 Å². The van der Waals surface area contributed by atoms with Gasteiger partial charge in [0.05, 0.1) is 43.7 Å². The molecule has 1 aromatic heterocycles. The van der Waals surface area contributed by atoms with E-state index in [0.29, 0.717) is 27.4 Å². The van der Waals surface area contributed by atoms with Crippen LogP contribution in [-0.4, -0.2) is 28.5 Å². The number of anilines is 1. The van der Waals surface area contributed by atoms with Gasteiger partial charge in [-0.15, -0.1) is 0 Å². The van der Waals surface area contributed by atoms with Gasteiger partial charge in [0.15, 0.2) is 6.61 Å². The monoisotopic (exact) mass is 527 g/mol. The van der Waals surface area contributed by atoms with Crippen molar-refractivity contribution >= 4 is 51.8 Å². The molecule has 1 amide bonds. The zero-order chi connectivity index (χ0) is 25.8.